The van der Waals surface area contributed by atoms with Crippen LogP contribution in [0.5, 0.6) is 0 Å². The van der Waals surface area contributed by atoms with Gasteiger partial charge in [-0.3, -0.25) is 0 Å². The summed E-state index contributed by atoms with van der Waals surface area (Å²) in [5.41, 5.74) is 5.44. The topological polar surface area (TPSA) is 65.1 Å². The van der Waals surface area contributed by atoms with Crippen LogP contribution in [-0.2, 0) is 0 Å². The van der Waals surface area contributed by atoms with Gasteiger partial charge >= 0.3 is 0 Å². The van der Waals surface area contributed by atoms with Gasteiger partial charge in [-0.2, -0.15) is 0 Å². The van der Waals surface area contributed by atoms with Crippen LogP contribution < -0.4 is 5.73 Å². The van der Waals surface area contributed by atoms with Gasteiger partial charge in [-0.05, 0) is 38.1 Å². The second kappa shape index (κ2) is 6.95. The summed E-state index contributed by atoms with van der Waals surface area (Å²) in [6.07, 6.45) is 5.76. The second-order valence-electron chi connectivity index (χ2n) is 5.63. The second-order valence-corrected chi connectivity index (χ2v) is 5.63. The predicted octanol–water partition coefficient (Wildman–Crippen LogP) is 0.931. The number of oxime groups is 1. The molecular formula is C13H26N4O. The Hall–Kier alpha value is -0.810. The Balaban J connectivity index is 1.50. The Morgan fingerprint density at radius 1 is 1.11 bits per heavy atom. The number of hydrogen-bond acceptors (Lipinski definition) is 4. The van der Waals surface area contributed by atoms with E-state index in [1.54, 1.807) is 0 Å². The number of unbranched alkanes of at least 4 members (excludes halogenated alkanes) is 1. The SMILES string of the molecule is NC(CCCCN1CCN(CC2CC2)CC1)=NO. The summed E-state index contributed by atoms with van der Waals surface area (Å²) in [5, 5.41) is 11.4. The van der Waals surface area contributed by atoms with Crippen LogP contribution in [0.25, 0.3) is 0 Å². The Kier molecular flexibility index (Phi) is 5.26. The molecule has 0 amide bonds. The van der Waals surface area contributed by atoms with Gasteiger partial charge in [0.05, 0.1) is 0 Å². The van der Waals surface area contributed by atoms with Crippen LogP contribution in [-0.4, -0.2) is 60.1 Å². The van der Waals surface area contributed by atoms with Crippen LogP contribution in [0.2, 0.25) is 0 Å². The highest BCUT2D eigenvalue weighted by molar-refractivity contribution is 5.79. The molecule has 2 aliphatic rings. The summed E-state index contributed by atoms with van der Waals surface area (Å²) in [4.78, 5) is 5.15. The van der Waals surface area contributed by atoms with E-state index in [0.29, 0.717) is 12.3 Å². The predicted molar refractivity (Wildman–Crippen MR) is 72.9 cm³/mol. The first-order valence-corrected chi connectivity index (χ1v) is 7.19. The van der Waals surface area contributed by atoms with Crippen LogP contribution in [0.15, 0.2) is 5.16 Å². The van der Waals surface area contributed by atoms with E-state index in [1.807, 2.05) is 0 Å². The van der Waals surface area contributed by atoms with E-state index in [2.05, 4.69) is 15.0 Å². The fourth-order valence-corrected chi connectivity index (χ4v) is 2.55. The normalized spacial score (nSPS) is 23.4. The van der Waals surface area contributed by atoms with E-state index in [4.69, 9.17) is 10.9 Å². The number of nitrogens with zero attached hydrogens (tertiary/aromatic N) is 3. The van der Waals surface area contributed by atoms with Crippen molar-refractivity contribution in [3.05, 3.63) is 0 Å². The lowest BCUT2D eigenvalue weighted by Gasteiger charge is -2.34. The molecule has 0 unspecified atom stereocenters. The fraction of sp³-hybridized carbons (Fsp3) is 0.923. The van der Waals surface area contributed by atoms with E-state index in [1.165, 1.54) is 45.6 Å². The Morgan fingerprint density at radius 2 is 1.78 bits per heavy atom. The fourth-order valence-electron chi connectivity index (χ4n) is 2.55. The molecule has 0 bridgehead atoms. The van der Waals surface area contributed by atoms with Gasteiger partial charge in [0.1, 0.15) is 5.84 Å². The third-order valence-corrected chi connectivity index (χ3v) is 3.96. The van der Waals surface area contributed by atoms with E-state index in [-0.39, 0.29) is 0 Å². The zero-order valence-electron chi connectivity index (χ0n) is 11.2. The summed E-state index contributed by atoms with van der Waals surface area (Å²) in [5.74, 6) is 1.36. The zero-order chi connectivity index (χ0) is 12.8. The minimum absolute atomic E-state index is 0.351. The molecule has 5 nitrogen and oxygen atoms in total. The van der Waals surface area contributed by atoms with Crippen molar-refractivity contribution in [1.82, 2.24) is 9.80 Å². The highest BCUT2D eigenvalue weighted by Gasteiger charge is 2.26. The Morgan fingerprint density at radius 3 is 2.39 bits per heavy atom. The summed E-state index contributed by atoms with van der Waals surface area (Å²) >= 11 is 0. The number of nitrogens with two attached hydrogens (primary N) is 1. The lowest BCUT2D eigenvalue weighted by molar-refractivity contribution is 0.127. The molecule has 1 heterocycles. The van der Waals surface area contributed by atoms with Crippen LogP contribution >= 0.6 is 0 Å². The van der Waals surface area contributed by atoms with Gasteiger partial charge in [0.25, 0.3) is 0 Å². The van der Waals surface area contributed by atoms with E-state index < -0.39 is 0 Å². The molecule has 1 saturated carbocycles. The molecule has 1 aliphatic heterocycles. The van der Waals surface area contributed by atoms with E-state index in [9.17, 15) is 0 Å². The summed E-state index contributed by atoms with van der Waals surface area (Å²) in [6, 6.07) is 0. The van der Waals surface area contributed by atoms with Crippen molar-refractivity contribution < 1.29 is 5.21 Å². The molecule has 0 atom stereocenters. The van der Waals surface area contributed by atoms with Crippen molar-refractivity contribution in [3.63, 3.8) is 0 Å². The summed E-state index contributed by atoms with van der Waals surface area (Å²) in [6.45, 7) is 7.35. The maximum absolute atomic E-state index is 8.44. The van der Waals surface area contributed by atoms with Crippen LogP contribution in [0.3, 0.4) is 0 Å². The standard InChI is InChI=1S/C13H26N4O/c14-13(15-18)3-1-2-6-16-7-9-17(10-8-16)11-12-4-5-12/h12,18H,1-11H2,(H2,14,15). The summed E-state index contributed by atoms with van der Waals surface area (Å²) in [7, 11) is 0. The van der Waals surface area contributed by atoms with Gasteiger partial charge < -0.3 is 20.7 Å². The zero-order valence-corrected chi connectivity index (χ0v) is 11.2. The molecule has 0 aromatic heterocycles. The van der Waals surface area contributed by atoms with Crippen molar-refractivity contribution in [2.24, 2.45) is 16.8 Å². The molecule has 18 heavy (non-hydrogen) atoms. The van der Waals surface area contributed by atoms with Crippen LogP contribution in [0.4, 0.5) is 0 Å². The molecule has 2 rings (SSSR count). The third-order valence-electron chi connectivity index (χ3n) is 3.96. The van der Waals surface area contributed by atoms with Gasteiger partial charge in [-0.1, -0.05) is 5.16 Å². The molecule has 0 aromatic carbocycles. The van der Waals surface area contributed by atoms with Gasteiger partial charge in [-0.25, -0.2) is 0 Å². The lowest BCUT2D eigenvalue weighted by Crippen LogP contribution is -2.47. The smallest absolute Gasteiger partial charge is 0.139 e. The molecule has 1 saturated heterocycles. The van der Waals surface area contributed by atoms with Gasteiger partial charge in [0, 0.05) is 39.1 Å². The van der Waals surface area contributed by atoms with Gasteiger partial charge in [0.2, 0.25) is 0 Å². The van der Waals surface area contributed by atoms with Crippen molar-refractivity contribution in [1.29, 1.82) is 0 Å². The molecule has 0 radical (unpaired) electrons. The highest BCUT2D eigenvalue weighted by Crippen LogP contribution is 2.29. The quantitative estimate of drug-likeness (QED) is 0.233. The first kappa shape index (κ1) is 13.6. The molecule has 1 aliphatic carbocycles. The third kappa shape index (κ3) is 4.82. The molecule has 3 N–H and O–H groups in total. The monoisotopic (exact) mass is 254 g/mol. The van der Waals surface area contributed by atoms with Crippen molar-refractivity contribution >= 4 is 5.84 Å². The average Bonchev–Trinajstić information content (AvgIpc) is 3.20. The Labute approximate surface area is 110 Å². The minimum atomic E-state index is 0.351. The molecule has 104 valence electrons. The number of piperazine rings is 1. The maximum Gasteiger partial charge on any atom is 0.139 e. The van der Waals surface area contributed by atoms with E-state index in [0.717, 1.165) is 25.3 Å². The lowest BCUT2D eigenvalue weighted by atomic mass is 10.2. The van der Waals surface area contributed by atoms with Gasteiger partial charge in [0.15, 0.2) is 0 Å². The van der Waals surface area contributed by atoms with Crippen molar-refractivity contribution in [3.8, 4) is 0 Å². The molecular weight excluding hydrogens is 228 g/mol. The average molecular weight is 254 g/mol. The summed E-state index contributed by atoms with van der Waals surface area (Å²) < 4.78 is 0. The molecule has 0 spiro atoms. The minimum Gasteiger partial charge on any atom is -0.409 e. The van der Waals surface area contributed by atoms with Crippen molar-refractivity contribution in [2.75, 3.05) is 39.3 Å². The maximum atomic E-state index is 8.44. The molecule has 5 heteroatoms. The van der Waals surface area contributed by atoms with E-state index >= 15 is 0 Å². The van der Waals surface area contributed by atoms with Gasteiger partial charge in [-0.15, -0.1) is 0 Å². The number of hydrogen-bond donors (Lipinski definition) is 2. The van der Waals surface area contributed by atoms with Crippen molar-refractivity contribution in [2.45, 2.75) is 32.1 Å². The highest BCUT2D eigenvalue weighted by atomic mass is 16.4. The number of rotatable bonds is 7. The van der Waals surface area contributed by atoms with Crippen LogP contribution in [0.1, 0.15) is 32.1 Å². The molecule has 2 fully saturated rings. The molecule has 0 aromatic rings. The Bertz CT molecular complexity index is 270. The first-order chi connectivity index (χ1) is 8.78. The largest absolute Gasteiger partial charge is 0.409 e. The first-order valence-electron chi connectivity index (χ1n) is 7.19. The number of amidine groups is 1. The van der Waals surface area contributed by atoms with Crippen LogP contribution in [0, 0.1) is 5.92 Å².